The quantitative estimate of drug-likeness (QED) is 0.0132. The van der Waals surface area contributed by atoms with E-state index in [1.54, 1.807) is 121 Å². The molecule has 5 heterocycles. The average Bonchev–Trinajstić information content (AvgIpc) is 1.25. The van der Waals surface area contributed by atoms with Gasteiger partial charge < -0.3 is 53.2 Å². The van der Waals surface area contributed by atoms with Crippen molar-refractivity contribution in [3.63, 3.8) is 0 Å². The number of nitrogens with zero attached hydrogens (tertiary/aromatic N) is 5. The van der Waals surface area contributed by atoms with E-state index in [1.165, 1.54) is 43.2 Å². The molecule has 6 amide bonds. The zero-order chi connectivity index (χ0) is 74.0. The number of carbonyl (C=O) groups excluding carboxylic acids is 9. The van der Waals surface area contributed by atoms with E-state index in [-0.39, 0.29) is 58.9 Å². The molecular weight excluding hydrogens is 1270 g/mol. The van der Waals surface area contributed by atoms with Crippen LogP contribution in [0.15, 0.2) is 183 Å². The fourth-order valence-corrected chi connectivity index (χ4v) is 7.83. The van der Waals surface area contributed by atoms with E-state index in [4.69, 9.17) is 21.3 Å². The molecule has 0 aliphatic rings. The lowest BCUT2D eigenvalue weighted by Gasteiger charge is -2.21. The molecule has 0 spiro atoms. The van der Waals surface area contributed by atoms with Crippen molar-refractivity contribution in [2.24, 2.45) is 11.5 Å². The molecule has 0 bridgehead atoms. The number of rotatable bonds is 37. The summed E-state index contributed by atoms with van der Waals surface area (Å²) in [4.78, 5) is 135. The molecule has 0 saturated carbocycles. The van der Waals surface area contributed by atoms with E-state index >= 15 is 0 Å². The van der Waals surface area contributed by atoms with Crippen LogP contribution in [0.4, 0.5) is 4.79 Å². The molecule has 0 aromatic carbocycles. The molecule has 11 N–H and O–H groups in total. The molecule has 0 saturated heterocycles. The van der Waals surface area contributed by atoms with Gasteiger partial charge in [0.25, 0.3) is 23.6 Å². The first-order valence-electron chi connectivity index (χ1n) is 33.4. The topological polar surface area (TPSA) is 389 Å². The highest BCUT2D eigenvalue weighted by Gasteiger charge is 2.21. The number of amides is 6. The Morgan fingerprint density at radius 2 is 0.790 bits per heavy atom. The number of ether oxygens (including phenoxy) is 1. The van der Waals surface area contributed by atoms with Crippen LogP contribution in [0.25, 0.3) is 0 Å². The molecule has 25 heteroatoms. The van der Waals surface area contributed by atoms with Gasteiger partial charge in [0, 0.05) is 120 Å². The summed E-state index contributed by atoms with van der Waals surface area (Å²) in [6.45, 7) is 14.6. The number of carboxylic acid groups (broad SMARTS) is 1. The van der Waals surface area contributed by atoms with Crippen molar-refractivity contribution in [3.8, 4) is 0 Å². The van der Waals surface area contributed by atoms with Crippen molar-refractivity contribution in [1.82, 2.24) is 56.8 Å². The largest absolute Gasteiger partial charge is 0.478 e. The summed E-state index contributed by atoms with van der Waals surface area (Å²) in [6.07, 6.45) is 45.7. The highest BCUT2D eigenvalue weighted by molar-refractivity contribution is 5.96. The van der Waals surface area contributed by atoms with E-state index in [9.17, 15) is 47.9 Å². The second-order valence-corrected chi connectivity index (χ2v) is 23.1. The van der Waals surface area contributed by atoms with E-state index in [2.05, 4.69) is 125 Å². The Kier molecular flexibility index (Phi) is 48.5. The highest BCUT2D eigenvalue weighted by atomic mass is 16.6. The Labute approximate surface area is 588 Å². The first-order chi connectivity index (χ1) is 48.0. The van der Waals surface area contributed by atoms with Crippen molar-refractivity contribution in [2.45, 2.75) is 162 Å². The van der Waals surface area contributed by atoms with Gasteiger partial charge in [-0.3, -0.25) is 63.3 Å². The molecule has 0 aliphatic carbocycles. The third-order valence-electron chi connectivity index (χ3n) is 13.2. The molecule has 0 fully saturated rings. The SMILES string of the molecule is CC/C=C\C/C=C\C/C=C\C/C=C\C/C=C\CCCC(=O)N[C@@H](C)C(=O)CCCNC(=O)c1cccnc1.C[C@H](N)C(=O)CCCNC(=O)c1cccnc1.C[C@H](NC(=O)OC(C)(C)C)C(=O)CCCNC(=O)c1cccnc1.NCCNC(=O)c1cccnc1.O=C(O)c1cccnc1. The predicted octanol–water partition coefficient (Wildman–Crippen LogP) is 9.72. The minimum atomic E-state index is -0.942. The molecule has 5 aromatic rings. The number of alkyl carbamates (subject to hydrolysis) is 1. The third-order valence-corrected chi connectivity index (χ3v) is 13.2. The maximum atomic E-state index is 12.3. The monoisotopic (exact) mass is 1380 g/mol. The van der Waals surface area contributed by atoms with Crippen molar-refractivity contribution in [1.29, 1.82) is 0 Å². The van der Waals surface area contributed by atoms with E-state index in [0.717, 1.165) is 44.9 Å². The predicted molar refractivity (Wildman–Crippen MR) is 388 cm³/mol. The number of nitrogens with one attached hydrogen (secondary N) is 6. The van der Waals surface area contributed by atoms with Crippen LogP contribution in [-0.4, -0.2) is 145 Å². The number of hydrogen-bond acceptors (Lipinski definition) is 18. The van der Waals surface area contributed by atoms with Gasteiger partial charge in [-0.15, -0.1) is 0 Å². The van der Waals surface area contributed by atoms with E-state index in [0.29, 0.717) is 93.5 Å². The lowest BCUT2D eigenvalue weighted by molar-refractivity contribution is -0.127. The maximum absolute atomic E-state index is 12.3. The summed E-state index contributed by atoms with van der Waals surface area (Å²) in [5.74, 6) is -1.93. The van der Waals surface area contributed by atoms with Crippen LogP contribution in [0.1, 0.15) is 190 Å². The summed E-state index contributed by atoms with van der Waals surface area (Å²) in [5, 5.41) is 24.5. The zero-order valence-electron chi connectivity index (χ0n) is 58.8. The molecule has 0 unspecified atom stereocenters. The molecule has 0 aliphatic heterocycles. The second-order valence-electron chi connectivity index (χ2n) is 23.1. The lowest BCUT2D eigenvalue weighted by atomic mass is 10.1. The molecule has 3 atom stereocenters. The van der Waals surface area contributed by atoms with Gasteiger partial charge in [-0.05, 0) is 166 Å². The van der Waals surface area contributed by atoms with Gasteiger partial charge in [0.1, 0.15) is 11.4 Å². The first-order valence-corrected chi connectivity index (χ1v) is 33.4. The second kappa shape index (κ2) is 55.5. The van der Waals surface area contributed by atoms with E-state index in [1.807, 2.05) is 0 Å². The first kappa shape index (κ1) is 87.5. The van der Waals surface area contributed by atoms with Gasteiger partial charge >= 0.3 is 12.1 Å². The summed E-state index contributed by atoms with van der Waals surface area (Å²) < 4.78 is 5.10. The van der Waals surface area contributed by atoms with Crippen molar-refractivity contribution in [2.75, 3.05) is 32.7 Å². The molecule has 25 nitrogen and oxygen atoms in total. The van der Waals surface area contributed by atoms with Crippen molar-refractivity contribution >= 4 is 58.9 Å². The van der Waals surface area contributed by atoms with Gasteiger partial charge in [0.2, 0.25) is 5.91 Å². The Bertz CT molecular complexity index is 3310. The van der Waals surface area contributed by atoms with Crippen LogP contribution in [0.2, 0.25) is 0 Å². The summed E-state index contributed by atoms with van der Waals surface area (Å²) in [7, 11) is 0. The standard InChI is InChI=1S/C32H45N3O3.C17H25N3O4.C12H17N3O2.C8H11N3O.C6H5NO2/c1-3-4-5-6-7-8-9-10-11-12-13-14-15-16-17-18-19-24-31(37)35-28(2)30(36)23-21-26-34-32(38)29-22-20-25-33-27-29;1-12(20-16(23)24-17(2,3)4)14(21)8-6-10-19-15(22)13-7-5-9-18-11-13;1-9(13)11(16)5-3-7-15-12(17)10-4-2-6-14-8-10;9-3-5-11-8(12)7-2-1-4-10-6-7;8-6(9)5-2-1-3-7-4-5/h4-5,7-8,10-11,13-14,16-17,20,22,25,27-28H,3,6,9,12,15,18-19,21,23-24,26H2,1-2H3,(H,34,38)(H,35,37);5,7,9,11-12H,6,8,10H2,1-4H3,(H,19,22)(H,20,23);2,4,6,8-9H,3,5,7,13H2,1H3,(H,15,17);1-2,4,6H,3,5,9H2,(H,11,12);1-4H,(H,8,9)/b5-4-,8-7-,11-10-,14-13-,17-16-;;;;/t28-;12-;9-;;/m000../s1. The third kappa shape index (κ3) is 46.6. The molecule has 5 rings (SSSR count). The van der Waals surface area contributed by atoms with E-state index < -0.39 is 35.8 Å². The minimum Gasteiger partial charge on any atom is -0.478 e. The maximum Gasteiger partial charge on any atom is 0.408 e. The number of unbranched alkanes of at least 4 members (excludes halogenated alkanes) is 1. The molecule has 0 radical (unpaired) electrons. The zero-order valence-corrected chi connectivity index (χ0v) is 58.8. The van der Waals surface area contributed by atoms with Gasteiger partial charge in [-0.2, -0.15) is 0 Å². The van der Waals surface area contributed by atoms with Crippen LogP contribution in [-0.2, 0) is 23.9 Å². The number of aromatic carboxylic acids is 1. The van der Waals surface area contributed by atoms with Crippen LogP contribution < -0.4 is 43.4 Å². The number of aromatic nitrogens is 5. The Balaban J connectivity index is 0.000000684. The fourth-order valence-electron chi connectivity index (χ4n) is 7.83. The summed E-state index contributed by atoms with van der Waals surface area (Å²) in [6, 6.07) is 15.1. The Morgan fingerprint density at radius 3 is 1.10 bits per heavy atom. The Morgan fingerprint density at radius 1 is 0.460 bits per heavy atom. The minimum absolute atomic E-state index is 0.0145. The van der Waals surface area contributed by atoms with Crippen LogP contribution in [0, 0.1) is 0 Å². The number of nitrogens with two attached hydrogens (primary N) is 2. The van der Waals surface area contributed by atoms with Crippen molar-refractivity contribution in [3.05, 3.63) is 211 Å². The normalized spacial score (nSPS) is 11.7. The van der Waals surface area contributed by atoms with Crippen LogP contribution in [0.3, 0.4) is 0 Å². The summed E-state index contributed by atoms with van der Waals surface area (Å²) >= 11 is 0. The van der Waals surface area contributed by atoms with Crippen LogP contribution in [0.5, 0.6) is 0 Å². The Hall–Kier alpha value is -10.5. The van der Waals surface area contributed by atoms with Crippen molar-refractivity contribution < 1.29 is 57.8 Å². The number of allylic oxidation sites excluding steroid dienone is 10. The number of carbonyl (C=O) groups is 10. The molecule has 5 aromatic heterocycles. The smallest absolute Gasteiger partial charge is 0.408 e. The molecule has 100 heavy (non-hydrogen) atoms. The number of hydrogen-bond donors (Lipinski definition) is 9. The number of Topliss-reactive ketones (excluding diaryl/α,β-unsaturated/α-hetero) is 3. The fraction of sp³-hybridized carbons (Fsp3) is 0.400. The molecule has 540 valence electrons. The molecular formula is C75H103N13O12. The van der Waals surface area contributed by atoms with Gasteiger partial charge in [0.05, 0.1) is 45.9 Å². The average molecular weight is 1380 g/mol. The van der Waals surface area contributed by atoms with Gasteiger partial charge in [-0.1, -0.05) is 67.7 Å². The lowest BCUT2D eigenvalue weighted by Crippen LogP contribution is -2.41. The van der Waals surface area contributed by atoms with Crippen LogP contribution >= 0.6 is 0 Å². The van der Waals surface area contributed by atoms with Gasteiger partial charge in [0.15, 0.2) is 11.6 Å². The van der Waals surface area contributed by atoms with Gasteiger partial charge in [-0.25, -0.2) is 9.59 Å². The number of pyridine rings is 5. The highest BCUT2D eigenvalue weighted by Crippen LogP contribution is 2.09. The number of carboxylic acids is 1. The number of ketones is 3. The summed E-state index contributed by atoms with van der Waals surface area (Å²) in [5.41, 5.74) is 12.3.